The molecule has 1 atom stereocenters. The zero-order chi connectivity index (χ0) is 35.3. The summed E-state index contributed by atoms with van der Waals surface area (Å²) in [6.45, 7) is 15.1. The number of hydrogen-bond donors (Lipinski definition) is 1. The maximum atomic E-state index is 14.5. The average molecular weight is 692 g/mol. The van der Waals surface area contributed by atoms with Crippen molar-refractivity contribution in [3.8, 4) is 17.1 Å². The van der Waals surface area contributed by atoms with Gasteiger partial charge in [0, 0.05) is 37.8 Å². The number of aryl methyl sites for hydroxylation is 2. The number of anilines is 1. The zero-order valence-corrected chi connectivity index (χ0v) is 30.3. The van der Waals surface area contributed by atoms with Crippen LogP contribution >= 0.6 is 0 Å². The van der Waals surface area contributed by atoms with Gasteiger partial charge in [-0.2, -0.15) is 4.98 Å². The highest BCUT2D eigenvalue weighted by Gasteiger charge is 2.53. The van der Waals surface area contributed by atoms with Crippen molar-refractivity contribution in [1.82, 2.24) is 19.8 Å². The summed E-state index contributed by atoms with van der Waals surface area (Å²) >= 11 is 0. The number of benzene rings is 2. The van der Waals surface area contributed by atoms with Crippen molar-refractivity contribution < 1.29 is 28.9 Å². The Morgan fingerprint density at radius 1 is 1.10 bits per heavy atom. The van der Waals surface area contributed by atoms with Gasteiger partial charge in [-0.3, -0.25) is 4.79 Å². The predicted molar refractivity (Wildman–Crippen MR) is 189 cm³/mol. The molecule has 1 N–H and O–H groups in total. The molecule has 3 heterocycles. The number of aromatic nitrogens is 2. The van der Waals surface area contributed by atoms with Gasteiger partial charge in [-0.05, 0) is 101 Å². The van der Waals surface area contributed by atoms with E-state index in [9.17, 15) is 18.0 Å². The van der Waals surface area contributed by atoms with Gasteiger partial charge >= 0.3 is 6.09 Å². The van der Waals surface area contributed by atoms with Gasteiger partial charge in [0.25, 0.3) is 15.9 Å². The fourth-order valence-corrected chi connectivity index (χ4v) is 8.51. The second-order valence-corrected chi connectivity index (χ2v) is 17.0. The second kappa shape index (κ2) is 12.9. The van der Waals surface area contributed by atoms with Crippen LogP contribution in [0.15, 0.2) is 53.4 Å². The highest BCUT2D eigenvalue weighted by atomic mass is 32.2. The summed E-state index contributed by atoms with van der Waals surface area (Å²) in [5, 5.41) is 0. The maximum absolute atomic E-state index is 14.5. The van der Waals surface area contributed by atoms with Crippen LogP contribution in [0, 0.1) is 25.2 Å². The Kier molecular flexibility index (Phi) is 9.15. The average Bonchev–Trinajstić information content (AvgIpc) is 3.44. The Morgan fingerprint density at radius 2 is 1.80 bits per heavy atom. The highest BCUT2D eigenvalue weighted by Crippen LogP contribution is 2.51. The first-order chi connectivity index (χ1) is 23.0. The molecule has 2 fully saturated rings. The van der Waals surface area contributed by atoms with Crippen LogP contribution in [0.3, 0.4) is 0 Å². The van der Waals surface area contributed by atoms with E-state index >= 15 is 0 Å². The molecule has 0 radical (unpaired) electrons. The van der Waals surface area contributed by atoms with Crippen LogP contribution in [0.5, 0.6) is 5.88 Å². The van der Waals surface area contributed by atoms with E-state index in [0.717, 1.165) is 36.0 Å². The lowest BCUT2D eigenvalue weighted by atomic mass is 9.64. The highest BCUT2D eigenvalue weighted by molar-refractivity contribution is 7.92. The summed E-state index contributed by atoms with van der Waals surface area (Å²) < 4.78 is 42.0. The molecule has 1 saturated carbocycles. The molecule has 2 aromatic carbocycles. The van der Waals surface area contributed by atoms with Gasteiger partial charge < -0.3 is 19.3 Å². The summed E-state index contributed by atoms with van der Waals surface area (Å²) in [6, 6.07) is 13.3. The molecule has 264 valence electrons. The molecule has 3 aliphatic rings. The largest absolute Gasteiger partial charge is 0.475 e. The van der Waals surface area contributed by atoms with Crippen LogP contribution in [0.25, 0.3) is 11.3 Å². The third-order valence-corrected chi connectivity index (χ3v) is 11.0. The standard InChI is InChI=1S/C37H47N5O6S.H2/c1-23(2)16-27-21-47-31-18-30(32-24(3)10-8-11-25(32)4)38-34(39-31)40-49(45,46)29-13-9-12-26(17-29)33(43)42(27)28-19-37(20-28)14-15-41(22-37)35(44)48-36(5,6)7;/h8-13,17-18,23,27-28H,14-16,19-22H2,1-7H3,(H,38,39,40);1H/t27-,28?,37?;/m1./s1. The van der Waals surface area contributed by atoms with E-state index in [1.54, 1.807) is 23.1 Å². The normalized spacial score (nSPS) is 23.6. The summed E-state index contributed by atoms with van der Waals surface area (Å²) in [5.74, 6) is 0.0927. The topological polar surface area (TPSA) is 131 Å². The lowest BCUT2D eigenvalue weighted by molar-refractivity contribution is -0.0218. The third kappa shape index (κ3) is 7.39. The molecule has 1 spiro atoms. The summed E-state index contributed by atoms with van der Waals surface area (Å²) in [6.07, 6.45) is 2.63. The number of ether oxygens (including phenoxy) is 2. The molecular weight excluding hydrogens is 643 g/mol. The SMILES string of the molecule is Cc1cccc(C)c1-c1cc2nc(n1)NS(=O)(=O)c1cccc(c1)C(=O)N(C1CC3(CCN(C(=O)OC(C)(C)C)C3)C1)[C@H](CC(C)C)CO2.[HH]. The summed E-state index contributed by atoms with van der Waals surface area (Å²) in [7, 11) is -4.16. The number of amides is 2. The Morgan fingerprint density at radius 3 is 2.47 bits per heavy atom. The van der Waals surface area contributed by atoms with Crippen molar-refractivity contribution in [2.45, 2.75) is 96.7 Å². The number of likely N-dealkylation sites (tertiary alicyclic amines) is 1. The summed E-state index contributed by atoms with van der Waals surface area (Å²) in [4.78, 5) is 40.1. The maximum Gasteiger partial charge on any atom is 0.410 e. The number of carbonyl (C=O) groups is 2. The molecule has 2 aliphatic heterocycles. The molecule has 2 amide bonds. The molecule has 11 nitrogen and oxygen atoms in total. The fraction of sp³-hybridized carbons (Fsp3) is 0.514. The van der Waals surface area contributed by atoms with E-state index in [0.29, 0.717) is 25.2 Å². The number of carbonyl (C=O) groups excluding carboxylic acids is 2. The first kappa shape index (κ1) is 34.7. The molecular formula is C37H49N5O6S. The van der Waals surface area contributed by atoms with Gasteiger partial charge in [0.15, 0.2) is 0 Å². The van der Waals surface area contributed by atoms with Gasteiger partial charge in [-0.1, -0.05) is 38.1 Å². The van der Waals surface area contributed by atoms with Crippen LogP contribution in [0.1, 0.15) is 83.2 Å². The minimum atomic E-state index is -4.16. The van der Waals surface area contributed by atoms with E-state index in [-0.39, 0.29) is 65.7 Å². The van der Waals surface area contributed by atoms with E-state index in [1.165, 1.54) is 12.1 Å². The van der Waals surface area contributed by atoms with Gasteiger partial charge in [-0.25, -0.2) is 22.9 Å². The van der Waals surface area contributed by atoms with Gasteiger partial charge in [0.05, 0.1) is 16.6 Å². The number of nitrogens with one attached hydrogen (secondary N) is 1. The van der Waals surface area contributed by atoms with Crippen molar-refractivity contribution in [3.05, 3.63) is 65.2 Å². The molecule has 49 heavy (non-hydrogen) atoms. The van der Waals surface area contributed by atoms with Crippen molar-refractivity contribution in [1.29, 1.82) is 0 Å². The summed E-state index contributed by atoms with van der Waals surface area (Å²) in [5.41, 5.74) is 2.96. The minimum absolute atomic E-state index is 0. The lowest BCUT2D eigenvalue weighted by Gasteiger charge is -2.52. The number of fused-ring (bicyclic) bond motifs is 4. The monoisotopic (exact) mass is 691 g/mol. The first-order valence-electron chi connectivity index (χ1n) is 17.0. The van der Waals surface area contributed by atoms with E-state index in [2.05, 4.69) is 28.5 Å². The molecule has 6 rings (SSSR count). The Hall–Kier alpha value is -4.19. The number of hydrogen-bond acceptors (Lipinski definition) is 8. The van der Waals surface area contributed by atoms with E-state index < -0.39 is 15.6 Å². The van der Waals surface area contributed by atoms with Gasteiger partial charge in [-0.15, -0.1) is 0 Å². The van der Waals surface area contributed by atoms with E-state index in [1.807, 2.05) is 57.7 Å². The van der Waals surface area contributed by atoms with E-state index in [4.69, 9.17) is 9.47 Å². The van der Waals surface area contributed by atoms with Gasteiger partial charge in [0.1, 0.15) is 12.2 Å². The second-order valence-electron chi connectivity index (χ2n) is 15.3. The van der Waals surface area contributed by atoms with Crippen molar-refractivity contribution >= 4 is 28.0 Å². The Bertz CT molecular complexity index is 1850. The Balaban J connectivity index is 0.00000486. The van der Waals surface area contributed by atoms with Crippen LogP contribution in [0.2, 0.25) is 0 Å². The van der Waals surface area contributed by atoms with Crippen LogP contribution in [-0.2, 0) is 14.8 Å². The van der Waals surface area contributed by atoms with Crippen molar-refractivity contribution in [2.24, 2.45) is 11.3 Å². The van der Waals surface area contributed by atoms with Crippen LogP contribution in [-0.4, -0.2) is 77.6 Å². The van der Waals surface area contributed by atoms with Crippen LogP contribution in [0.4, 0.5) is 10.7 Å². The van der Waals surface area contributed by atoms with Gasteiger partial charge in [0.2, 0.25) is 11.8 Å². The lowest BCUT2D eigenvalue weighted by Crippen LogP contribution is -2.58. The van der Waals surface area contributed by atoms with Crippen molar-refractivity contribution in [2.75, 3.05) is 24.4 Å². The molecule has 1 aromatic heterocycles. The molecule has 4 bridgehead atoms. The molecule has 3 aromatic rings. The predicted octanol–water partition coefficient (Wildman–Crippen LogP) is 6.85. The molecule has 12 heteroatoms. The number of nitrogens with zero attached hydrogens (tertiary/aromatic N) is 4. The third-order valence-electron chi connectivity index (χ3n) is 9.67. The fourth-order valence-electron chi connectivity index (χ4n) is 7.52. The van der Waals surface area contributed by atoms with Crippen molar-refractivity contribution in [3.63, 3.8) is 0 Å². The smallest absolute Gasteiger partial charge is 0.410 e. The number of sulfonamides is 1. The minimum Gasteiger partial charge on any atom is -0.475 e. The zero-order valence-electron chi connectivity index (χ0n) is 29.4. The number of rotatable bonds is 4. The molecule has 1 aliphatic carbocycles. The quantitative estimate of drug-likeness (QED) is 0.315. The van der Waals surface area contributed by atoms with Crippen LogP contribution < -0.4 is 9.46 Å². The first-order valence-corrected chi connectivity index (χ1v) is 18.5. The Labute approximate surface area is 290 Å². The molecule has 1 saturated heterocycles. The molecule has 0 unspecified atom stereocenters.